The number of nitrogens with one attached hydrogen (secondary N) is 1. The van der Waals surface area contributed by atoms with Crippen molar-refractivity contribution in [2.75, 3.05) is 7.05 Å². The van der Waals surface area contributed by atoms with E-state index in [2.05, 4.69) is 22.4 Å². The first-order valence-corrected chi connectivity index (χ1v) is 7.04. The zero-order chi connectivity index (χ0) is 13.1. The molecule has 1 aliphatic carbocycles. The number of ether oxygens (including phenoxy) is 1. The van der Waals surface area contributed by atoms with Crippen LogP contribution in [0, 0.1) is 0 Å². The van der Waals surface area contributed by atoms with Crippen molar-refractivity contribution in [2.24, 2.45) is 0 Å². The fraction of sp³-hybridized carbons (Fsp3) is 0.438. The average molecular weight is 256 g/mol. The standard InChI is InChI=1S/C16H20N2O/c1-17-13-5-2-6-14(10-13)19-15-8-7-12-4-3-9-18-16(12)11-15/h3-4,7-9,11,13-14,17H,2,5-6,10H2,1H3. The van der Waals surface area contributed by atoms with E-state index in [-0.39, 0.29) is 0 Å². The van der Waals surface area contributed by atoms with Crippen LogP contribution in [0.1, 0.15) is 25.7 Å². The molecule has 0 bridgehead atoms. The fourth-order valence-corrected chi connectivity index (χ4v) is 2.83. The molecule has 2 atom stereocenters. The smallest absolute Gasteiger partial charge is 0.121 e. The Morgan fingerprint density at radius 3 is 3.11 bits per heavy atom. The summed E-state index contributed by atoms with van der Waals surface area (Å²) < 4.78 is 6.12. The highest BCUT2D eigenvalue weighted by molar-refractivity contribution is 5.79. The summed E-state index contributed by atoms with van der Waals surface area (Å²) >= 11 is 0. The van der Waals surface area contributed by atoms with Gasteiger partial charge in [-0.1, -0.05) is 6.07 Å². The van der Waals surface area contributed by atoms with Gasteiger partial charge in [0.2, 0.25) is 0 Å². The zero-order valence-electron chi connectivity index (χ0n) is 11.3. The first kappa shape index (κ1) is 12.4. The van der Waals surface area contributed by atoms with Crippen LogP contribution >= 0.6 is 0 Å². The Bertz CT molecular complexity index is 555. The number of pyridine rings is 1. The molecule has 0 amide bonds. The molecule has 0 spiro atoms. The van der Waals surface area contributed by atoms with Gasteiger partial charge < -0.3 is 10.1 Å². The summed E-state index contributed by atoms with van der Waals surface area (Å²) in [6.45, 7) is 0. The minimum Gasteiger partial charge on any atom is -0.490 e. The van der Waals surface area contributed by atoms with Crippen LogP contribution in [0.5, 0.6) is 5.75 Å². The Labute approximate surface area is 114 Å². The highest BCUT2D eigenvalue weighted by Gasteiger charge is 2.22. The lowest BCUT2D eigenvalue weighted by Gasteiger charge is -2.29. The van der Waals surface area contributed by atoms with E-state index in [0.717, 1.165) is 29.5 Å². The molecule has 1 heterocycles. The SMILES string of the molecule is CNC1CCCC(Oc2ccc3cccnc3c2)C1. The molecule has 1 N–H and O–H groups in total. The number of rotatable bonds is 3. The fourth-order valence-electron chi connectivity index (χ4n) is 2.83. The van der Waals surface area contributed by atoms with Crippen LogP contribution < -0.4 is 10.1 Å². The monoisotopic (exact) mass is 256 g/mol. The van der Waals surface area contributed by atoms with Crippen LogP contribution in [0.15, 0.2) is 36.5 Å². The second kappa shape index (κ2) is 5.57. The quantitative estimate of drug-likeness (QED) is 0.916. The Morgan fingerprint density at radius 1 is 1.26 bits per heavy atom. The van der Waals surface area contributed by atoms with Gasteiger partial charge in [-0.25, -0.2) is 0 Å². The second-order valence-electron chi connectivity index (χ2n) is 5.25. The summed E-state index contributed by atoms with van der Waals surface area (Å²) in [6.07, 6.45) is 6.89. The largest absolute Gasteiger partial charge is 0.490 e. The first-order chi connectivity index (χ1) is 9.35. The molecule has 0 saturated heterocycles. The zero-order valence-corrected chi connectivity index (χ0v) is 11.3. The van der Waals surface area contributed by atoms with Crippen LogP contribution in [0.25, 0.3) is 10.9 Å². The van der Waals surface area contributed by atoms with Crippen LogP contribution in [-0.2, 0) is 0 Å². The molecule has 3 nitrogen and oxygen atoms in total. The number of hydrogen-bond acceptors (Lipinski definition) is 3. The molecule has 1 aliphatic rings. The van der Waals surface area contributed by atoms with E-state index in [1.54, 1.807) is 0 Å². The van der Waals surface area contributed by atoms with E-state index in [1.165, 1.54) is 12.8 Å². The van der Waals surface area contributed by atoms with E-state index in [1.807, 2.05) is 31.4 Å². The maximum Gasteiger partial charge on any atom is 0.121 e. The average Bonchev–Trinajstić information content (AvgIpc) is 2.47. The lowest BCUT2D eigenvalue weighted by Crippen LogP contribution is -2.36. The van der Waals surface area contributed by atoms with Crippen molar-refractivity contribution in [1.29, 1.82) is 0 Å². The Kier molecular flexibility index (Phi) is 3.65. The van der Waals surface area contributed by atoms with Crippen LogP contribution in [0.4, 0.5) is 0 Å². The van der Waals surface area contributed by atoms with Crippen molar-refractivity contribution >= 4 is 10.9 Å². The summed E-state index contributed by atoms with van der Waals surface area (Å²) in [5.41, 5.74) is 1.00. The number of fused-ring (bicyclic) bond motifs is 1. The number of hydrogen-bond donors (Lipinski definition) is 1. The van der Waals surface area contributed by atoms with Gasteiger partial charge in [-0.05, 0) is 50.9 Å². The van der Waals surface area contributed by atoms with Crippen molar-refractivity contribution in [2.45, 2.75) is 37.8 Å². The molecule has 3 heteroatoms. The minimum atomic E-state index is 0.326. The van der Waals surface area contributed by atoms with Gasteiger partial charge in [0.1, 0.15) is 11.9 Å². The van der Waals surface area contributed by atoms with Gasteiger partial charge in [-0.3, -0.25) is 4.98 Å². The predicted molar refractivity (Wildman–Crippen MR) is 77.5 cm³/mol. The van der Waals surface area contributed by atoms with E-state index in [0.29, 0.717) is 12.1 Å². The first-order valence-electron chi connectivity index (χ1n) is 7.04. The number of benzene rings is 1. The predicted octanol–water partition coefficient (Wildman–Crippen LogP) is 3.14. The van der Waals surface area contributed by atoms with Crippen LogP contribution in [0.2, 0.25) is 0 Å². The molecular formula is C16H20N2O. The molecule has 0 radical (unpaired) electrons. The summed E-state index contributed by atoms with van der Waals surface area (Å²) in [5, 5.41) is 4.52. The molecule has 1 fully saturated rings. The molecular weight excluding hydrogens is 236 g/mol. The van der Waals surface area contributed by atoms with Gasteiger partial charge in [-0.15, -0.1) is 0 Å². The molecule has 100 valence electrons. The topological polar surface area (TPSA) is 34.1 Å². The van der Waals surface area contributed by atoms with Gasteiger partial charge in [-0.2, -0.15) is 0 Å². The normalized spacial score (nSPS) is 23.4. The molecule has 2 aromatic rings. The van der Waals surface area contributed by atoms with Crippen molar-refractivity contribution in [1.82, 2.24) is 10.3 Å². The van der Waals surface area contributed by atoms with Crippen LogP contribution in [0.3, 0.4) is 0 Å². The van der Waals surface area contributed by atoms with Gasteiger partial charge in [0.25, 0.3) is 0 Å². The molecule has 1 aromatic carbocycles. The molecule has 0 aliphatic heterocycles. The maximum absolute atomic E-state index is 6.12. The number of aromatic nitrogens is 1. The Hall–Kier alpha value is -1.61. The maximum atomic E-state index is 6.12. The van der Waals surface area contributed by atoms with E-state index in [9.17, 15) is 0 Å². The van der Waals surface area contributed by atoms with Crippen molar-refractivity contribution in [3.05, 3.63) is 36.5 Å². The molecule has 1 saturated carbocycles. The Morgan fingerprint density at radius 2 is 2.21 bits per heavy atom. The van der Waals surface area contributed by atoms with Gasteiger partial charge in [0, 0.05) is 23.7 Å². The molecule has 3 rings (SSSR count). The van der Waals surface area contributed by atoms with E-state index in [4.69, 9.17) is 4.74 Å². The van der Waals surface area contributed by atoms with E-state index >= 15 is 0 Å². The third-order valence-corrected chi connectivity index (χ3v) is 3.91. The Balaban J connectivity index is 1.74. The van der Waals surface area contributed by atoms with Gasteiger partial charge >= 0.3 is 0 Å². The van der Waals surface area contributed by atoms with E-state index < -0.39 is 0 Å². The minimum absolute atomic E-state index is 0.326. The number of nitrogens with zero attached hydrogens (tertiary/aromatic N) is 1. The lowest BCUT2D eigenvalue weighted by atomic mass is 9.93. The summed E-state index contributed by atoms with van der Waals surface area (Å²) in [4.78, 5) is 4.37. The highest BCUT2D eigenvalue weighted by Crippen LogP contribution is 2.25. The summed E-state index contributed by atoms with van der Waals surface area (Å²) in [7, 11) is 2.03. The third-order valence-electron chi connectivity index (χ3n) is 3.91. The summed E-state index contributed by atoms with van der Waals surface area (Å²) in [6, 6.07) is 10.8. The summed E-state index contributed by atoms with van der Waals surface area (Å²) in [5.74, 6) is 0.938. The van der Waals surface area contributed by atoms with Crippen molar-refractivity contribution in [3.8, 4) is 5.75 Å². The lowest BCUT2D eigenvalue weighted by molar-refractivity contribution is 0.137. The molecule has 19 heavy (non-hydrogen) atoms. The third kappa shape index (κ3) is 2.87. The van der Waals surface area contributed by atoms with Gasteiger partial charge in [0.05, 0.1) is 5.52 Å². The molecule has 1 aromatic heterocycles. The second-order valence-corrected chi connectivity index (χ2v) is 5.25. The highest BCUT2D eigenvalue weighted by atomic mass is 16.5. The van der Waals surface area contributed by atoms with Crippen LogP contribution in [-0.4, -0.2) is 24.2 Å². The van der Waals surface area contributed by atoms with Gasteiger partial charge in [0.15, 0.2) is 0 Å². The van der Waals surface area contributed by atoms with Crippen molar-refractivity contribution in [3.63, 3.8) is 0 Å². The van der Waals surface area contributed by atoms with Crippen molar-refractivity contribution < 1.29 is 4.74 Å². The molecule has 2 unspecified atom stereocenters.